The van der Waals surface area contributed by atoms with Crippen molar-refractivity contribution >= 4 is 10.9 Å². The van der Waals surface area contributed by atoms with E-state index < -0.39 is 12.4 Å². The summed E-state index contributed by atoms with van der Waals surface area (Å²) in [6.45, 7) is -2.97. The van der Waals surface area contributed by atoms with Gasteiger partial charge in [0.2, 0.25) is 5.43 Å². The average molecular weight is 449 g/mol. The second kappa shape index (κ2) is 8.23. The van der Waals surface area contributed by atoms with Gasteiger partial charge in [-0.05, 0) is 42.5 Å². The molecule has 0 amide bonds. The van der Waals surface area contributed by atoms with Gasteiger partial charge >= 0.3 is 6.61 Å². The monoisotopic (exact) mass is 449 g/mol. The standard InChI is InChI=1S/C23H14F3N5O2/c24-14-4-5-18-17(12-14)19(6-9-27-18)31-20(7-10-28-31)22-21(32)8-11-30(29-22)15-2-1-3-16(13-15)33-23(25)26/h1-13,23H. The number of fused-ring (bicyclic) bond motifs is 1. The lowest BCUT2D eigenvalue weighted by molar-refractivity contribution is -0.0498. The smallest absolute Gasteiger partial charge is 0.387 e. The van der Waals surface area contributed by atoms with Gasteiger partial charge in [-0.1, -0.05) is 6.07 Å². The van der Waals surface area contributed by atoms with Crippen molar-refractivity contribution in [2.45, 2.75) is 6.61 Å². The molecule has 10 heteroatoms. The lowest BCUT2D eigenvalue weighted by Gasteiger charge is -2.12. The number of nitrogens with zero attached hydrogens (tertiary/aromatic N) is 5. The molecule has 33 heavy (non-hydrogen) atoms. The Balaban J connectivity index is 1.63. The predicted octanol–water partition coefficient (Wildman–Crippen LogP) is 4.37. The van der Waals surface area contributed by atoms with Gasteiger partial charge in [-0.25, -0.2) is 13.8 Å². The molecule has 0 unspecified atom stereocenters. The van der Waals surface area contributed by atoms with Gasteiger partial charge in [0.25, 0.3) is 0 Å². The highest BCUT2D eigenvalue weighted by Crippen LogP contribution is 2.25. The second-order valence-electron chi connectivity index (χ2n) is 6.97. The van der Waals surface area contributed by atoms with Gasteiger partial charge in [0.05, 0.1) is 28.8 Å². The third kappa shape index (κ3) is 3.93. The van der Waals surface area contributed by atoms with Crippen molar-refractivity contribution in [1.29, 1.82) is 0 Å². The number of halogens is 3. The number of benzene rings is 2. The van der Waals surface area contributed by atoms with Crippen molar-refractivity contribution in [3.05, 3.63) is 95.3 Å². The van der Waals surface area contributed by atoms with Crippen LogP contribution in [0, 0.1) is 5.82 Å². The van der Waals surface area contributed by atoms with Crippen LogP contribution in [-0.4, -0.2) is 31.2 Å². The predicted molar refractivity (Wildman–Crippen MR) is 114 cm³/mol. The molecule has 2 aromatic carbocycles. The number of hydrogen-bond acceptors (Lipinski definition) is 5. The van der Waals surface area contributed by atoms with Crippen LogP contribution in [-0.2, 0) is 0 Å². The van der Waals surface area contributed by atoms with Crippen LogP contribution in [0.25, 0.3) is 33.7 Å². The molecule has 0 bridgehead atoms. The fraction of sp³-hybridized carbons (Fsp3) is 0.0435. The molecule has 3 aromatic heterocycles. The molecule has 0 aliphatic rings. The Morgan fingerprint density at radius 2 is 1.85 bits per heavy atom. The van der Waals surface area contributed by atoms with E-state index in [0.29, 0.717) is 28.0 Å². The largest absolute Gasteiger partial charge is 0.435 e. The molecule has 0 aliphatic carbocycles. The van der Waals surface area contributed by atoms with Gasteiger partial charge in [-0.2, -0.15) is 19.0 Å². The van der Waals surface area contributed by atoms with E-state index >= 15 is 0 Å². The first-order chi connectivity index (χ1) is 16.0. The van der Waals surface area contributed by atoms with E-state index in [4.69, 9.17) is 0 Å². The Bertz CT molecular complexity index is 1530. The van der Waals surface area contributed by atoms with Crippen molar-refractivity contribution in [3.63, 3.8) is 0 Å². The van der Waals surface area contributed by atoms with Gasteiger partial charge in [0, 0.05) is 29.9 Å². The van der Waals surface area contributed by atoms with Crippen LogP contribution >= 0.6 is 0 Å². The zero-order chi connectivity index (χ0) is 22.9. The fourth-order valence-electron chi connectivity index (χ4n) is 3.49. The Labute approximate surface area is 184 Å². The third-order valence-electron chi connectivity index (χ3n) is 4.91. The van der Waals surface area contributed by atoms with Crippen LogP contribution in [0.5, 0.6) is 5.75 Å². The molecule has 0 radical (unpaired) electrons. The number of alkyl halides is 2. The molecule has 0 N–H and O–H groups in total. The maximum atomic E-state index is 13.9. The van der Waals surface area contributed by atoms with Crippen LogP contribution in [0.3, 0.4) is 0 Å². The molecule has 0 saturated carbocycles. The summed E-state index contributed by atoms with van der Waals surface area (Å²) in [7, 11) is 0. The fourth-order valence-corrected chi connectivity index (χ4v) is 3.49. The minimum Gasteiger partial charge on any atom is -0.435 e. The van der Waals surface area contributed by atoms with Crippen LogP contribution in [0.15, 0.2) is 84.0 Å². The first-order valence-corrected chi connectivity index (χ1v) is 9.74. The minimum absolute atomic E-state index is 0.0418. The molecule has 5 rings (SSSR count). The Morgan fingerprint density at radius 3 is 2.70 bits per heavy atom. The Hall–Kier alpha value is -4.47. The normalized spacial score (nSPS) is 11.3. The number of ether oxygens (including phenoxy) is 1. The highest BCUT2D eigenvalue weighted by molar-refractivity contribution is 5.87. The van der Waals surface area contributed by atoms with E-state index in [1.165, 1.54) is 58.2 Å². The molecular weight excluding hydrogens is 435 g/mol. The summed E-state index contributed by atoms with van der Waals surface area (Å²) in [6, 6.07) is 14.7. The summed E-state index contributed by atoms with van der Waals surface area (Å²) in [5, 5.41) is 9.22. The van der Waals surface area contributed by atoms with E-state index in [1.807, 2.05) is 0 Å². The van der Waals surface area contributed by atoms with Gasteiger partial charge in [0.1, 0.15) is 11.6 Å². The van der Waals surface area contributed by atoms with Crippen LogP contribution in [0.1, 0.15) is 0 Å². The summed E-state index contributed by atoms with van der Waals surface area (Å²) in [5.41, 5.74) is 1.55. The molecule has 0 fully saturated rings. The number of rotatable bonds is 5. The topological polar surface area (TPSA) is 74.8 Å². The summed E-state index contributed by atoms with van der Waals surface area (Å²) in [5.74, 6) is -0.476. The van der Waals surface area contributed by atoms with Crippen LogP contribution < -0.4 is 10.2 Å². The summed E-state index contributed by atoms with van der Waals surface area (Å²) < 4.78 is 46.4. The molecule has 3 heterocycles. The first-order valence-electron chi connectivity index (χ1n) is 9.74. The number of hydrogen-bond donors (Lipinski definition) is 0. The Kier molecular flexibility index (Phi) is 5.09. The Morgan fingerprint density at radius 1 is 0.970 bits per heavy atom. The molecule has 0 aliphatic heterocycles. The maximum absolute atomic E-state index is 13.9. The minimum atomic E-state index is -2.97. The average Bonchev–Trinajstić information content (AvgIpc) is 3.28. The highest BCUT2D eigenvalue weighted by Gasteiger charge is 2.16. The summed E-state index contributed by atoms with van der Waals surface area (Å²) in [4.78, 5) is 16.9. The van der Waals surface area contributed by atoms with Crippen LogP contribution in [0.4, 0.5) is 13.2 Å². The molecule has 0 atom stereocenters. The summed E-state index contributed by atoms with van der Waals surface area (Å²) >= 11 is 0. The molecular formula is C23H14F3N5O2. The third-order valence-corrected chi connectivity index (χ3v) is 4.91. The van der Waals surface area contributed by atoms with Gasteiger partial charge < -0.3 is 4.74 Å². The van der Waals surface area contributed by atoms with E-state index in [1.54, 1.807) is 30.5 Å². The quantitative estimate of drug-likeness (QED) is 0.398. The van der Waals surface area contributed by atoms with Gasteiger partial charge in [-0.15, -0.1) is 0 Å². The van der Waals surface area contributed by atoms with Crippen molar-refractivity contribution in [2.75, 3.05) is 0 Å². The van der Waals surface area contributed by atoms with Crippen molar-refractivity contribution < 1.29 is 17.9 Å². The molecule has 0 spiro atoms. The SMILES string of the molecule is O=c1ccn(-c2cccc(OC(F)F)c2)nc1-c1ccnn1-c1ccnc2ccc(F)cc12. The van der Waals surface area contributed by atoms with E-state index in [9.17, 15) is 18.0 Å². The zero-order valence-corrected chi connectivity index (χ0v) is 16.8. The van der Waals surface area contributed by atoms with Crippen molar-refractivity contribution in [2.24, 2.45) is 0 Å². The molecule has 0 saturated heterocycles. The zero-order valence-electron chi connectivity index (χ0n) is 16.8. The van der Waals surface area contributed by atoms with Crippen LogP contribution in [0.2, 0.25) is 0 Å². The van der Waals surface area contributed by atoms with Crippen molar-refractivity contribution in [3.8, 4) is 28.5 Å². The van der Waals surface area contributed by atoms with Gasteiger partial charge in [0.15, 0.2) is 5.69 Å². The van der Waals surface area contributed by atoms with E-state index in [-0.39, 0.29) is 16.9 Å². The number of aromatic nitrogens is 5. The molecule has 164 valence electrons. The highest BCUT2D eigenvalue weighted by atomic mass is 19.3. The first kappa shape index (κ1) is 20.4. The lowest BCUT2D eigenvalue weighted by Crippen LogP contribution is -2.15. The van der Waals surface area contributed by atoms with Gasteiger partial charge in [-0.3, -0.25) is 9.78 Å². The molecule has 7 nitrogen and oxygen atoms in total. The van der Waals surface area contributed by atoms with E-state index in [0.717, 1.165) is 0 Å². The number of pyridine rings is 1. The lowest BCUT2D eigenvalue weighted by atomic mass is 10.1. The second-order valence-corrected chi connectivity index (χ2v) is 6.97. The van der Waals surface area contributed by atoms with Crippen molar-refractivity contribution in [1.82, 2.24) is 24.5 Å². The van der Waals surface area contributed by atoms with E-state index in [2.05, 4.69) is 19.9 Å². The molecule has 5 aromatic rings. The summed E-state index contributed by atoms with van der Waals surface area (Å²) in [6.07, 6.45) is 4.48. The maximum Gasteiger partial charge on any atom is 0.387 e.